The molecule has 0 aromatic heterocycles. The minimum Gasteiger partial charge on any atom is -0.461 e. The number of halogens is 1. The summed E-state index contributed by atoms with van der Waals surface area (Å²) >= 11 is 0. The number of nitrogens with one attached hydrogen (secondary N) is 1. The molecule has 2 saturated heterocycles. The van der Waals surface area contributed by atoms with E-state index in [-0.39, 0.29) is 65.3 Å². The molecule has 5 unspecified atom stereocenters. The van der Waals surface area contributed by atoms with Crippen molar-refractivity contribution in [2.24, 2.45) is 5.92 Å². The highest BCUT2D eigenvalue weighted by Crippen LogP contribution is 2.54. The summed E-state index contributed by atoms with van der Waals surface area (Å²) in [6, 6.07) is 20.5. The molecule has 7 rings (SSSR count). The highest BCUT2D eigenvalue weighted by molar-refractivity contribution is 5.96. The van der Waals surface area contributed by atoms with Gasteiger partial charge in [-0.1, -0.05) is 43.3 Å². The van der Waals surface area contributed by atoms with E-state index in [2.05, 4.69) is 46.6 Å². The zero-order valence-electron chi connectivity index (χ0n) is 26.5. The molecule has 2 aliphatic heterocycles. The molecule has 2 aliphatic carbocycles. The molecule has 240 valence electrons. The second-order valence-corrected chi connectivity index (χ2v) is 13.9. The quantitative estimate of drug-likeness (QED) is 0.244. The molecular weight excluding hydrogens is 583 g/mol. The first-order valence-corrected chi connectivity index (χ1v) is 16.5. The molecule has 3 aromatic rings. The van der Waals surface area contributed by atoms with Crippen LogP contribution >= 0.6 is 0 Å². The highest BCUT2D eigenvalue weighted by Gasteiger charge is 2.53. The van der Waals surface area contributed by atoms with Gasteiger partial charge in [0, 0.05) is 74.3 Å². The van der Waals surface area contributed by atoms with Crippen LogP contribution in [0.2, 0.25) is 0 Å². The average Bonchev–Trinajstić information content (AvgIpc) is 3.81. The molecule has 7 nitrogen and oxygen atoms in total. The molecule has 3 aromatic carbocycles. The van der Waals surface area contributed by atoms with Crippen molar-refractivity contribution in [3.63, 3.8) is 0 Å². The Kier molecular flexibility index (Phi) is 7.96. The number of esters is 2. The first kappa shape index (κ1) is 30.6. The Morgan fingerprint density at radius 2 is 1.76 bits per heavy atom. The number of carbonyl (C=O) groups is 3. The third-order valence-electron chi connectivity index (χ3n) is 10.8. The maximum Gasteiger partial charge on any atom is 0.306 e. The molecule has 5 atom stereocenters. The molecule has 0 radical (unpaired) electrons. The Labute approximate surface area is 269 Å². The van der Waals surface area contributed by atoms with Crippen molar-refractivity contribution >= 4 is 23.4 Å². The number of carbonyl (C=O) groups excluding carboxylic acids is 3. The van der Waals surface area contributed by atoms with E-state index < -0.39 is 0 Å². The predicted molar refractivity (Wildman–Crippen MR) is 172 cm³/mol. The van der Waals surface area contributed by atoms with Gasteiger partial charge in [0.1, 0.15) is 18.0 Å². The predicted octanol–water partition coefficient (Wildman–Crippen LogP) is 5.98. The van der Waals surface area contributed by atoms with E-state index in [0.717, 1.165) is 51.0 Å². The van der Waals surface area contributed by atoms with Crippen molar-refractivity contribution in [1.29, 1.82) is 0 Å². The summed E-state index contributed by atoms with van der Waals surface area (Å²) < 4.78 is 25.4. The van der Waals surface area contributed by atoms with Gasteiger partial charge in [-0.3, -0.25) is 14.4 Å². The zero-order chi connectivity index (χ0) is 32.1. The Morgan fingerprint density at radius 3 is 2.52 bits per heavy atom. The Hall–Kier alpha value is -4.04. The molecular formula is C38H41FN2O5. The van der Waals surface area contributed by atoms with Gasteiger partial charge in [-0.05, 0) is 77.9 Å². The topological polar surface area (TPSA) is 84.9 Å². The molecule has 4 aliphatic rings. The van der Waals surface area contributed by atoms with E-state index in [9.17, 15) is 18.8 Å². The Balaban J connectivity index is 1.08. The minimum absolute atomic E-state index is 0.0853. The summed E-state index contributed by atoms with van der Waals surface area (Å²) in [6.07, 6.45) is 3.13. The largest absolute Gasteiger partial charge is 0.461 e. The molecule has 2 spiro atoms. The van der Waals surface area contributed by atoms with Crippen LogP contribution in [0.25, 0.3) is 0 Å². The van der Waals surface area contributed by atoms with Crippen LogP contribution in [-0.4, -0.2) is 50.0 Å². The number of hydrogen-bond donors (Lipinski definition) is 1. The van der Waals surface area contributed by atoms with Crippen LogP contribution in [-0.2, 0) is 36.3 Å². The van der Waals surface area contributed by atoms with Crippen LogP contribution in [0.1, 0.15) is 84.7 Å². The van der Waals surface area contributed by atoms with Crippen molar-refractivity contribution in [1.82, 2.24) is 5.32 Å². The molecule has 2 heterocycles. The van der Waals surface area contributed by atoms with Gasteiger partial charge in [0.15, 0.2) is 5.78 Å². The SMILES string of the molecule is CC(=O)OC1CC2(CCN(c3cccc4c3CC(OC(=O)CC(C)CC(=O)c3ccc(F)cc3)C43CCNC3)C2)c2ccccc21. The van der Waals surface area contributed by atoms with Crippen LogP contribution in [0.5, 0.6) is 0 Å². The third kappa shape index (κ3) is 5.40. The van der Waals surface area contributed by atoms with E-state index in [0.29, 0.717) is 12.0 Å². The number of fused-ring (bicyclic) bond motifs is 4. The minimum atomic E-state index is -0.384. The summed E-state index contributed by atoms with van der Waals surface area (Å²) in [5.41, 5.74) is 6.19. The van der Waals surface area contributed by atoms with Gasteiger partial charge in [0.2, 0.25) is 0 Å². The van der Waals surface area contributed by atoms with E-state index in [1.807, 2.05) is 13.0 Å². The van der Waals surface area contributed by atoms with Crippen molar-refractivity contribution in [3.05, 3.63) is 100 Å². The van der Waals surface area contributed by atoms with Crippen molar-refractivity contribution in [2.45, 2.75) is 75.4 Å². The number of Topliss-reactive ketones (excluding diaryl/α,β-unsaturated/α-hetero) is 1. The maximum atomic E-state index is 13.3. The lowest BCUT2D eigenvalue weighted by Crippen LogP contribution is -2.41. The number of rotatable bonds is 8. The molecule has 0 bridgehead atoms. The summed E-state index contributed by atoms with van der Waals surface area (Å²) in [7, 11) is 0. The summed E-state index contributed by atoms with van der Waals surface area (Å²) in [5.74, 6) is -1.23. The molecule has 0 amide bonds. The maximum absolute atomic E-state index is 13.3. The lowest BCUT2D eigenvalue weighted by molar-refractivity contribution is -0.153. The number of benzene rings is 3. The zero-order valence-corrected chi connectivity index (χ0v) is 26.5. The second kappa shape index (κ2) is 12.0. The van der Waals surface area contributed by atoms with Crippen LogP contribution < -0.4 is 10.2 Å². The third-order valence-corrected chi connectivity index (χ3v) is 10.8. The normalized spacial score (nSPS) is 26.7. The van der Waals surface area contributed by atoms with Gasteiger partial charge >= 0.3 is 11.9 Å². The van der Waals surface area contributed by atoms with E-state index in [1.165, 1.54) is 53.6 Å². The van der Waals surface area contributed by atoms with Gasteiger partial charge in [0.25, 0.3) is 0 Å². The number of nitrogens with zero attached hydrogens (tertiary/aromatic N) is 1. The van der Waals surface area contributed by atoms with Crippen molar-refractivity contribution in [3.8, 4) is 0 Å². The number of ketones is 1. The summed E-state index contributed by atoms with van der Waals surface area (Å²) in [6.45, 7) is 6.71. The first-order valence-electron chi connectivity index (χ1n) is 16.5. The molecule has 2 fully saturated rings. The van der Waals surface area contributed by atoms with Crippen LogP contribution in [0.15, 0.2) is 66.7 Å². The fraction of sp³-hybridized carbons (Fsp3) is 0.447. The van der Waals surface area contributed by atoms with Crippen LogP contribution in [0.4, 0.5) is 10.1 Å². The number of anilines is 1. The van der Waals surface area contributed by atoms with E-state index >= 15 is 0 Å². The highest BCUT2D eigenvalue weighted by atomic mass is 19.1. The number of hydrogen-bond acceptors (Lipinski definition) is 7. The Morgan fingerprint density at radius 1 is 0.978 bits per heavy atom. The molecule has 0 saturated carbocycles. The number of ether oxygens (including phenoxy) is 2. The van der Waals surface area contributed by atoms with Gasteiger partial charge in [0.05, 0.1) is 0 Å². The standard InChI is InChI=1S/C38H41FN2O5/c1-24(18-33(43)26-10-12-27(39)13-11-26)19-36(44)46-35-20-29-31(38(35)14-16-40-22-38)8-5-9-32(29)41-17-15-37(23-41)21-34(45-25(2)42)28-6-3-4-7-30(28)37/h3-13,24,34-35,40H,14-23H2,1-2H3. The van der Waals surface area contributed by atoms with E-state index in [4.69, 9.17) is 9.47 Å². The molecule has 8 heteroatoms. The van der Waals surface area contributed by atoms with Crippen molar-refractivity contribution in [2.75, 3.05) is 31.1 Å². The van der Waals surface area contributed by atoms with Crippen LogP contribution in [0, 0.1) is 11.7 Å². The van der Waals surface area contributed by atoms with Crippen LogP contribution in [0.3, 0.4) is 0 Å². The molecule has 1 N–H and O–H groups in total. The summed E-state index contributed by atoms with van der Waals surface area (Å²) in [5, 5.41) is 3.53. The van der Waals surface area contributed by atoms with E-state index in [1.54, 1.807) is 0 Å². The Bertz CT molecular complexity index is 1670. The van der Waals surface area contributed by atoms with Gasteiger partial charge < -0.3 is 19.7 Å². The lowest BCUT2D eigenvalue weighted by atomic mass is 9.79. The summed E-state index contributed by atoms with van der Waals surface area (Å²) in [4.78, 5) is 40.5. The fourth-order valence-electron chi connectivity index (χ4n) is 8.72. The van der Waals surface area contributed by atoms with Gasteiger partial charge in [-0.15, -0.1) is 0 Å². The average molecular weight is 625 g/mol. The van der Waals surface area contributed by atoms with Crippen molar-refractivity contribution < 1.29 is 28.2 Å². The lowest BCUT2D eigenvalue weighted by Gasteiger charge is -2.31. The van der Waals surface area contributed by atoms with Gasteiger partial charge in [-0.25, -0.2) is 4.39 Å². The first-order chi connectivity index (χ1) is 22.2. The van der Waals surface area contributed by atoms with Gasteiger partial charge in [-0.2, -0.15) is 0 Å². The fourth-order valence-corrected chi connectivity index (χ4v) is 8.72. The second-order valence-electron chi connectivity index (χ2n) is 13.9. The smallest absolute Gasteiger partial charge is 0.306 e. The monoisotopic (exact) mass is 624 g/mol. The molecule has 46 heavy (non-hydrogen) atoms.